The van der Waals surface area contributed by atoms with E-state index >= 15 is 0 Å². The topological polar surface area (TPSA) is 51.6 Å². The number of hydrogen-bond donors (Lipinski definition) is 0. The van der Waals surface area contributed by atoms with Crippen molar-refractivity contribution in [2.45, 2.75) is 0 Å². The second-order valence-electron chi connectivity index (χ2n) is 13.8. The Hall–Kier alpha value is -7.30. The molecule has 0 radical (unpaired) electrons. The highest BCUT2D eigenvalue weighted by atomic mass is 15.0. The summed E-state index contributed by atoms with van der Waals surface area (Å²) in [6, 6.07) is 60.2. The van der Waals surface area contributed by atoms with E-state index in [1.54, 1.807) is 6.20 Å². The molecule has 0 aliphatic carbocycles. The van der Waals surface area contributed by atoms with E-state index in [1.165, 1.54) is 54.0 Å². The Balaban J connectivity index is 1.12. The van der Waals surface area contributed by atoms with E-state index in [9.17, 15) is 0 Å². The highest BCUT2D eigenvalue weighted by molar-refractivity contribution is 6.25. The van der Waals surface area contributed by atoms with Gasteiger partial charge < -0.3 is 0 Å². The van der Waals surface area contributed by atoms with Crippen LogP contribution < -0.4 is 0 Å². The van der Waals surface area contributed by atoms with Crippen molar-refractivity contribution in [2.75, 3.05) is 0 Å². The van der Waals surface area contributed by atoms with Crippen LogP contribution in [-0.4, -0.2) is 19.9 Å². The minimum atomic E-state index is 0.616. The zero-order chi connectivity index (χ0) is 35.6. The lowest BCUT2D eigenvalue weighted by molar-refractivity contribution is 1.08. The lowest BCUT2D eigenvalue weighted by Gasteiger charge is -2.15. The maximum Gasteiger partial charge on any atom is 0.164 e. The summed E-state index contributed by atoms with van der Waals surface area (Å²) >= 11 is 0. The molecule has 0 spiro atoms. The Morgan fingerprint density at radius 3 is 1.70 bits per heavy atom. The number of rotatable bonds is 5. The number of fused-ring (bicyclic) bond motifs is 3. The molecule has 0 bridgehead atoms. The Kier molecular flexibility index (Phi) is 6.82. The Morgan fingerprint density at radius 2 is 0.907 bits per heavy atom. The first-order valence-electron chi connectivity index (χ1n) is 18.2. The minimum Gasteiger partial charge on any atom is -0.264 e. The number of nitrogens with zero attached hydrogens (tertiary/aromatic N) is 4. The highest BCUT2D eigenvalue weighted by Gasteiger charge is 2.19. The molecule has 11 rings (SSSR count). The average Bonchev–Trinajstić information content (AvgIpc) is 3.25. The molecule has 0 saturated carbocycles. The second kappa shape index (κ2) is 12.1. The van der Waals surface area contributed by atoms with E-state index in [0.717, 1.165) is 38.8 Å². The molecule has 54 heavy (non-hydrogen) atoms. The molecule has 9 aromatic carbocycles. The zero-order valence-corrected chi connectivity index (χ0v) is 29.1. The first-order valence-corrected chi connectivity index (χ1v) is 18.2. The van der Waals surface area contributed by atoms with Crippen molar-refractivity contribution in [2.24, 2.45) is 0 Å². The molecule has 0 aliphatic heterocycles. The Bertz CT molecular complexity index is 3190. The van der Waals surface area contributed by atoms with Gasteiger partial charge in [0.1, 0.15) is 0 Å². The van der Waals surface area contributed by atoms with E-state index in [0.29, 0.717) is 17.5 Å². The predicted molar refractivity (Wildman–Crippen MR) is 224 cm³/mol. The maximum atomic E-state index is 5.25. The van der Waals surface area contributed by atoms with Crippen molar-refractivity contribution in [1.29, 1.82) is 0 Å². The average molecular weight is 687 g/mol. The summed E-state index contributed by atoms with van der Waals surface area (Å²) < 4.78 is 0. The molecule has 2 heterocycles. The number of benzene rings is 9. The predicted octanol–water partition coefficient (Wildman–Crippen LogP) is 12.8. The number of pyridine rings is 1. The molecule has 250 valence electrons. The van der Waals surface area contributed by atoms with Gasteiger partial charge in [-0.15, -0.1) is 0 Å². The normalized spacial score (nSPS) is 11.7. The van der Waals surface area contributed by atoms with Crippen molar-refractivity contribution in [1.82, 2.24) is 19.9 Å². The molecule has 2 aromatic heterocycles. The second-order valence-corrected chi connectivity index (χ2v) is 13.8. The molecule has 0 aliphatic rings. The molecule has 4 heteroatoms. The van der Waals surface area contributed by atoms with Crippen LogP contribution in [0.1, 0.15) is 0 Å². The van der Waals surface area contributed by atoms with Crippen LogP contribution in [0.15, 0.2) is 182 Å². The number of hydrogen-bond acceptors (Lipinski definition) is 4. The molecule has 0 atom stereocenters. The van der Waals surface area contributed by atoms with E-state index in [2.05, 4.69) is 157 Å². The van der Waals surface area contributed by atoms with Crippen LogP contribution >= 0.6 is 0 Å². The lowest BCUT2D eigenvalue weighted by Crippen LogP contribution is -2.01. The molecule has 0 saturated heterocycles. The monoisotopic (exact) mass is 686 g/mol. The fraction of sp³-hybridized carbons (Fsp3) is 0. The summed E-state index contributed by atoms with van der Waals surface area (Å²) in [5, 5.41) is 12.2. The van der Waals surface area contributed by atoms with Crippen molar-refractivity contribution < 1.29 is 0 Å². The third kappa shape index (κ3) is 4.85. The summed E-state index contributed by atoms with van der Waals surface area (Å²) in [6.07, 6.45) is 3.68. The molecule has 0 fully saturated rings. The standard InChI is InChI=1S/C50H30N4/c1-2-13-38-36(9-1)29-45(41-16-5-4-15-40(38)41)31-18-22-35(23-19-31)48-52-49(43-17-6-3-14-39(43)37-12-8-28-51-30-37)54-50(53-48)44-27-25-34-21-20-32-10-7-11-33-24-26-42(44)47(34)46(32)33/h1-30H. The molecule has 0 N–H and O–H groups in total. The van der Waals surface area contributed by atoms with E-state index in [1.807, 2.05) is 24.4 Å². The highest BCUT2D eigenvalue weighted by Crippen LogP contribution is 2.40. The van der Waals surface area contributed by atoms with E-state index in [-0.39, 0.29) is 0 Å². The van der Waals surface area contributed by atoms with Crippen LogP contribution in [0.3, 0.4) is 0 Å². The quantitative estimate of drug-likeness (QED) is 0.169. The van der Waals surface area contributed by atoms with Gasteiger partial charge in [0, 0.05) is 34.6 Å². The fourth-order valence-corrected chi connectivity index (χ4v) is 8.22. The van der Waals surface area contributed by atoms with Crippen molar-refractivity contribution in [3.05, 3.63) is 182 Å². The number of aromatic nitrogens is 4. The van der Waals surface area contributed by atoms with Gasteiger partial charge in [0.2, 0.25) is 0 Å². The van der Waals surface area contributed by atoms with Gasteiger partial charge in [-0.2, -0.15) is 0 Å². The van der Waals surface area contributed by atoms with Gasteiger partial charge in [0.25, 0.3) is 0 Å². The minimum absolute atomic E-state index is 0.616. The summed E-state index contributed by atoms with van der Waals surface area (Å²) in [5.41, 5.74) is 7.19. The van der Waals surface area contributed by atoms with Gasteiger partial charge in [-0.3, -0.25) is 4.98 Å². The van der Waals surface area contributed by atoms with Crippen LogP contribution in [0.2, 0.25) is 0 Å². The lowest BCUT2D eigenvalue weighted by atomic mass is 9.91. The van der Waals surface area contributed by atoms with Gasteiger partial charge >= 0.3 is 0 Å². The van der Waals surface area contributed by atoms with Gasteiger partial charge in [-0.05, 0) is 88.8 Å². The van der Waals surface area contributed by atoms with Crippen molar-refractivity contribution in [3.63, 3.8) is 0 Å². The molecular formula is C50H30N4. The van der Waals surface area contributed by atoms with Gasteiger partial charge in [-0.25, -0.2) is 15.0 Å². The van der Waals surface area contributed by atoms with Crippen LogP contribution in [0.5, 0.6) is 0 Å². The third-order valence-electron chi connectivity index (χ3n) is 10.8. The summed E-state index contributed by atoms with van der Waals surface area (Å²) in [4.78, 5) is 20.1. The zero-order valence-electron chi connectivity index (χ0n) is 29.1. The van der Waals surface area contributed by atoms with Crippen LogP contribution in [0.4, 0.5) is 0 Å². The van der Waals surface area contributed by atoms with Gasteiger partial charge in [-0.1, -0.05) is 152 Å². The molecule has 0 amide bonds. The van der Waals surface area contributed by atoms with Crippen LogP contribution in [0, 0.1) is 0 Å². The van der Waals surface area contributed by atoms with Crippen molar-refractivity contribution in [3.8, 4) is 56.4 Å². The Labute approximate surface area is 311 Å². The summed E-state index contributed by atoms with van der Waals surface area (Å²) in [7, 11) is 0. The summed E-state index contributed by atoms with van der Waals surface area (Å²) in [5.74, 6) is 1.87. The Morgan fingerprint density at radius 1 is 0.296 bits per heavy atom. The fourth-order valence-electron chi connectivity index (χ4n) is 8.22. The van der Waals surface area contributed by atoms with E-state index < -0.39 is 0 Å². The smallest absolute Gasteiger partial charge is 0.164 e. The molecular weight excluding hydrogens is 657 g/mol. The van der Waals surface area contributed by atoms with Crippen LogP contribution in [-0.2, 0) is 0 Å². The molecule has 4 nitrogen and oxygen atoms in total. The molecule has 0 unspecified atom stereocenters. The first-order chi connectivity index (χ1) is 26.8. The van der Waals surface area contributed by atoms with E-state index in [4.69, 9.17) is 15.0 Å². The SMILES string of the molecule is c1cncc(-c2ccccc2-c2nc(-c3ccc(-c4cc5ccccc5c5ccccc45)cc3)nc(-c3ccc4ccc5cccc6ccc3c4c56)n2)c1. The van der Waals surface area contributed by atoms with Crippen molar-refractivity contribution >= 4 is 53.9 Å². The summed E-state index contributed by atoms with van der Waals surface area (Å²) in [6.45, 7) is 0. The first kappa shape index (κ1) is 30.3. The maximum absolute atomic E-state index is 5.25. The van der Waals surface area contributed by atoms with Gasteiger partial charge in [0.15, 0.2) is 17.5 Å². The largest absolute Gasteiger partial charge is 0.264 e. The molecule has 11 aromatic rings. The third-order valence-corrected chi connectivity index (χ3v) is 10.8. The van der Waals surface area contributed by atoms with Gasteiger partial charge in [0.05, 0.1) is 0 Å². The van der Waals surface area contributed by atoms with Crippen LogP contribution in [0.25, 0.3) is 110 Å².